The van der Waals surface area contributed by atoms with Crippen molar-refractivity contribution in [3.8, 4) is 0 Å². The van der Waals surface area contributed by atoms with Crippen molar-refractivity contribution in [2.45, 2.75) is 32.2 Å². The first-order valence-corrected chi connectivity index (χ1v) is 8.55. The van der Waals surface area contributed by atoms with E-state index in [4.69, 9.17) is 9.84 Å². The molecule has 1 aliphatic rings. The van der Waals surface area contributed by atoms with E-state index in [9.17, 15) is 18.0 Å². The van der Waals surface area contributed by atoms with Crippen LogP contribution in [0.4, 0.5) is 0 Å². The molecule has 1 amide bonds. The van der Waals surface area contributed by atoms with Crippen molar-refractivity contribution >= 4 is 21.9 Å². The molecule has 0 aliphatic carbocycles. The summed E-state index contributed by atoms with van der Waals surface area (Å²) in [6.07, 6.45) is 0.688. The number of sulfonamides is 1. The van der Waals surface area contributed by atoms with Crippen LogP contribution in [0.5, 0.6) is 0 Å². The molecule has 0 aromatic rings. The molecule has 1 saturated heterocycles. The number of morpholine rings is 1. The second-order valence-corrected chi connectivity index (χ2v) is 6.91. The Balaban J connectivity index is 2.45. The van der Waals surface area contributed by atoms with E-state index in [1.807, 2.05) is 6.92 Å². The second-order valence-electron chi connectivity index (χ2n) is 4.82. The van der Waals surface area contributed by atoms with Crippen molar-refractivity contribution in [1.29, 1.82) is 0 Å². The Bertz CT molecular complexity index is 458. The molecular weight excluding hydrogens is 300 g/mol. The number of carboxylic acids is 1. The van der Waals surface area contributed by atoms with Gasteiger partial charge in [0, 0.05) is 19.5 Å². The van der Waals surface area contributed by atoms with E-state index in [2.05, 4.69) is 5.32 Å². The number of aliphatic carboxylic acids is 1. The lowest BCUT2D eigenvalue weighted by Crippen LogP contribution is -2.44. The molecule has 0 aromatic carbocycles. The first-order chi connectivity index (χ1) is 9.86. The first kappa shape index (κ1) is 17.9. The fraction of sp³-hybridized carbons (Fsp3) is 0.833. The minimum absolute atomic E-state index is 0.243. The third-order valence-corrected chi connectivity index (χ3v) is 5.03. The van der Waals surface area contributed by atoms with Gasteiger partial charge in [-0.3, -0.25) is 4.79 Å². The quantitative estimate of drug-likeness (QED) is 0.617. The van der Waals surface area contributed by atoms with Crippen LogP contribution in [0.15, 0.2) is 0 Å². The van der Waals surface area contributed by atoms with Crippen molar-refractivity contribution in [2.75, 3.05) is 32.1 Å². The van der Waals surface area contributed by atoms with Crippen LogP contribution in [0.3, 0.4) is 0 Å². The van der Waals surface area contributed by atoms with Crippen LogP contribution in [-0.4, -0.2) is 67.8 Å². The molecule has 122 valence electrons. The standard InChI is InChI=1S/C12H22N2O6S/c1-2-3-10(12(16)17)13-11(15)4-9-21(18,19)14-5-7-20-8-6-14/h10H,2-9H2,1H3,(H,13,15)(H,16,17). The maximum absolute atomic E-state index is 12.0. The summed E-state index contributed by atoms with van der Waals surface area (Å²) in [6, 6.07) is -0.964. The van der Waals surface area contributed by atoms with Gasteiger partial charge >= 0.3 is 5.97 Å². The third-order valence-electron chi connectivity index (χ3n) is 3.16. The van der Waals surface area contributed by atoms with Gasteiger partial charge in [0.2, 0.25) is 15.9 Å². The third kappa shape index (κ3) is 5.98. The fourth-order valence-electron chi connectivity index (χ4n) is 1.99. The SMILES string of the molecule is CCCC(NC(=O)CCS(=O)(=O)N1CCOCC1)C(=O)O. The number of hydrogen-bond donors (Lipinski definition) is 2. The number of nitrogens with one attached hydrogen (secondary N) is 1. The van der Waals surface area contributed by atoms with Gasteiger partial charge in [-0.1, -0.05) is 13.3 Å². The Morgan fingerprint density at radius 2 is 1.95 bits per heavy atom. The fourth-order valence-corrected chi connectivity index (χ4v) is 3.40. The number of carboxylic acid groups (broad SMARTS) is 1. The summed E-state index contributed by atoms with van der Waals surface area (Å²) >= 11 is 0. The summed E-state index contributed by atoms with van der Waals surface area (Å²) in [5.74, 6) is -1.99. The van der Waals surface area contributed by atoms with Gasteiger partial charge < -0.3 is 15.2 Å². The van der Waals surface area contributed by atoms with Crippen LogP contribution >= 0.6 is 0 Å². The Morgan fingerprint density at radius 3 is 2.48 bits per heavy atom. The molecule has 1 atom stereocenters. The van der Waals surface area contributed by atoms with Crippen molar-refractivity contribution in [3.05, 3.63) is 0 Å². The summed E-state index contributed by atoms with van der Waals surface area (Å²) in [4.78, 5) is 22.6. The van der Waals surface area contributed by atoms with Gasteiger partial charge in [-0.15, -0.1) is 0 Å². The largest absolute Gasteiger partial charge is 0.480 e. The van der Waals surface area contributed by atoms with E-state index in [0.717, 1.165) is 0 Å². The number of carbonyl (C=O) groups is 2. The Labute approximate surface area is 124 Å². The van der Waals surface area contributed by atoms with E-state index in [-0.39, 0.29) is 25.3 Å². The molecule has 1 unspecified atom stereocenters. The highest BCUT2D eigenvalue weighted by molar-refractivity contribution is 7.89. The van der Waals surface area contributed by atoms with Gasteiger partial charge in [0.1, 0.15) is 6.04 Å². The van der Waals surface area contributed by atoms with Gasteiger partial charge in [-0.25, -0.2) is 13.2 Å². The summed E-state index contributed by atoms with van der Waals surface area (Å²) < 4.78 is 30.4. The molecule has 1 heterocycles. The second kappa shape index (κ2) is 8.30. The Hall–Kier alpha value is -1.19. The van der Waals surface area contributed by atoms with Gasteiger partial charge in [0.25, 0.3) is 0 Å². The zero-order valence-electron chi connectivity index (χ0n) is 12.1. The smallest absolute Gasteiger partial charge is 0.326 e. The lowest BCUT2D eigenvalue weighted by atomic mass is 10.1. The average molecular weight is 322 g/mol. The van der Waals surface area contributed by atoms with E-state index in [1.54, 1.807) is 0 Å². The van der Waals surface area contributed by atoms with Crippen LogP contribution in [-0.2, 0) is 24.3 Å². The van der Waals surface area contributed by atoms with Crippen molar-refractivity contribution in [2.24, 2.45) is 0 Å². The van der Waals surface area contributed by atoms with Crippen LogP contribution in [0, 0.1) is 0 Å². The number of hydrogen-bond acceptors (Lipinski definition) is 5. The predicted molar refractivity (Wildman–Crippen MR) is 75.3 cm³/mol. The first-order valence-electron chi connectivity index (χ1n) is 6.94. The predicted octanol–water partition coefficient (Wildman–Crippen LogP) is -0.592. The minimum atomic E-state index is -3.50. The van der Waals surface area contributed by atoms with Gasteiger partial charge in [0.15, 0.2) is 0 Å². The van der Waals surface area contributed by atoms with Gasteiger partial charge in [-0.2, -0.15) is 4.31 Å². The van der Waals surface area contributed by atoms with Crippen molar-refractivity contribution in [1.82, 2.24) is 9.62 Å². The summed E-state index contributed by atoms with van der Waals surface area (Å²) in [7, 11) is -3.50. The highest BCUT2D eigenvalue weighted by Crippen LogP contribution is 2.07. The van der Waals surface area contributed by atoms with Crippen LogP contribution in [0.1, 0.15) is 26.2 Å². The molecule has 0 bridgehead atoms. The lowest BCUT2D eigenvalue weighted by Gasteiger charge is -2.26. The monoisotopic (exact) mass is 322 g/mol. The zero-order valence-corrected chi connectivity index (χ0v) is 12.9. The lowest BCUT2D eigenvalue weighted by molar-refractivity contribution is -0.142. The maximum Gasteiger partial charge on any atom is 0.326 e. The van der Waals surface area contributed by atoms with Gasteiger partial charge in [-0.05, 0) is 6.42 Å². The van der Waals surface area contributed by atoms with Crippen LogP contribution < -0.4 is 5.32 Å². The van der Waals surface area contributed by atoms with Gasteiger partial charge in [0.05, 0.1) is 19.0 Å². The normalized spacial score (nSPS) is 18.1. The minimum Gasteiger partial charge on any atom is -0.480 e. The maximum atomic E-state index is 12.0. The average Bonchev–Trinajstić information content (AvgIpc) is 2.45. The zero-order chi connectivity index (χ0) is 15.9. The highest BCUT2D eigenvalue weighted by atomic mass is 32.2. The molecule has 21 heavy (non-hydrogen) atoms. The molecule has 0 saturated carbocycles. The summed E-state index contributed by atoms with van der Waals surface area (Å²) in [5.41, 5.74) is 0. The van der Waals surface area contributed by atoms with E-state index < -0.39 is 27.9 Å². The van der Waals surface area contributed by atoms with E-state index in [1.165, 1.54) is 4.31 Å². The molecule has 9 heteroatoms. The number of ether oxygens (including phenoxy) is 1. The van der Waals surface area contributed by atoms with E-state index in [0.29, 0.717) is 26.1 Å². The Kier molecular flexibility index (Phi) is 7.06. The van der Waals surface area contributed by atoms with Crippen molar-refractivity contribution < 1.29 is 27.9 Å². The molecule has 1 fully saturated rings. The number of amides is 1. The molecule has 8 nitrogen and oxygen atoms in total. The topological polar surface area (TPSA) is 113 Å². The summed E-state index contributed by atoms with van der Waals surface area (Å²) in [5, 5.41) is 11.3. The van der Waals surface area contributed by atoms with Crippen LogP contribution in [0.25, 0.3) is 0 Å². The molecule has 1 rings (SSSR count). The number of carbonyl (C=O) groups excluding carboxylic acids is 1. The van der Waals surface area contributed by atoms with Crippen molar-refractivity contribution in [3.63, 3.8) is 0 Å². The highest BCUT2D eigenvalue weighted by Gasteiger charge is 2.26. The molecule has 0 radical (unpaired) electrons. The molecule has 0 spiro atoms. The molecule has 1 aliphatic heterocycles. The molecule has 0 aromatic heterocycles. The number of nitrogens with zero attached hydrogens (tertiary/aromatic N) is 1. The van der Waals surface area contributed by atoms with E-state index >= 15 is 0 Å². The van der Waals surface area contributed by atoms with Crippen LogP contribution in [0.2, 0.25) is 0 Å². The molecule has 2 N–H and O–H groups in total. The molecular formula is C12H22N2O6S. The number of rotatable bonds is 8. The Morgan fingerprint density at radius 1 is 1.33 bits per heavy atom. The summed E-state index contributed by atoms with van der Waals surface area (Å²) in [6.45, 7) is 3.09.